The maximum Gasteiger partial charge on any atom is 0.164 e. The first-order valence-corrected chi connectivity index (χ1v) is 3.57. The molecule has 0 spiro atoms. The first-order chi connectivity index (χ1) is 4.88. The van der Waals surface area contributed by atoms with E-state index >= 15 is 0 Å². The van der Waals surface area contributed by atoms with Crippen LogP contribution in [0.1, 0.15) is 28.9 Å². The molecule has 1 aliphatic rings. The molecule has 1 heterocycles. The van der Waals surface area contributed by atoms with Gasteiger partial charge >= 0.3 is 0 Å². The number of fused-ring (bicyclic) bond motifs is 1. The van der Waals surface area contributed by atoms with E-state index in [2.05, 4.69) is 4.98 Å². The van der Waals surface area contributed by atoms with Crippen molar-refractivity contribution in [2.24, 2.45) is 0 Å². The van der Waals surface area contributed by atoms with Crippen LogP contribution in [0.5, 0.6) is 0 Å². The van der Waals surface area contributed by atoms with Gasteiger partial charge in [0.25, 0.3) is 0 Å². The first-order valence-electron chi connectivity index (χ1n) is 3.57. The fourth-order valence-corrected chi connectivity index (χ4v) is 1.43. The van der Waals surface area contributed by atoms with Crippen molar-refractivity contribution in [2.45, 2.75) is 19.3 Å². The van der Waals surface area contributed by atoms with Crippen LogP contribution < -0.4 is 0 Å². The Morgan fingerprint density at radius 1 is 1.50 bits per heavy atom. The highest BCUT2D eigenvalue weighted by atomic mass is 16.1. The van der Waals surface area contributed by atoms with Crippen LogP contribution >= 0.6 is 0 Å². The molecular weight excluding hydrogens is 128 g/mol. The van der Waals surface area contributed by atoms with E-state index in [1.54, 1.807) is 0 Å². The van der Waals surface area contributed by atoms with E-state index in [0.717, 1.165) is 30.5 Å². The average Bonchev–Trinajstić information content (AvgIpc) is 2.36. The molecule has 52 valence electrons. The van der Waals surface area contributed by atoms with Crippen molar-refractivity contribution in [3.8, 4) is 0 Å². The predicted octanol–water partition coefficient (Wildman–Crippen LogP) is 1.53. The minimum atomic E-state index is 0.294. The van der Waals surface area contributed by atoms with Gasteiger partial charge in [0.1, 0.15) is 0 Å². The second-order valence-corrected chi connectivity index (χ2v) is 2.65. The molecule has 0 fully saturated rings. The summed E-state index contributed by atoms with van der Waals surface area (Å²) < 4.78 is 0. The second-order valence-electron chi connectivity index (χ2n) is 2.65. The largest absolute Gasteiger partial charge is 0.364 e. The summed E-state index contributed by atoms with van der Waals surface area (Å²) in [5, 5.41) is 0. The molecule has 0 unspecified atom stereocenters. The fourth-order valence-electron chi connectivity index (χ4n) is 1.43. The Labute approximate surface area is 59.3 Å². The number of aromatic nitrogens is 1. The summed E-state index contributed by atoms with van der Waals surface area (Å²) in [6, 6.07) is 1.87. The molecular formula is C8H9NO. The van der Waals surface area contributed by atoms with E-state index in [1.807, 2.05) is 12.3 Å². The van der Waals surface area contributed by atoms with Crippen LogP contribution in [0.2, 0.25) is 0 Å². The standard InChI is InChI=1S/C8H9NO/c10-8-3-1-2-7-6(8)4-5-9-7/h4-5,9H,1-3H2/i5+2. The van der Waals surface area contributed by atoms with Gasteiger partial charge in [0.2, 0.25) is 0 Å². The number of Topliss-reactive ketones (excluding diaryl/α,β-unsaturated/α-hetero) is 1. The first kappa shape index (κ1) is 5.71. The van der Waals surface area contributed by atoms with Gasteiger partial charge in [-0.1, -0.05) is 0 Å². The number of aryl methyl sites for hydroxylation is 1. The minimum absolute atomic E-state index is 0.294. The predicted molar refractivity (Wildman–Crippen MR) is 38.1 cm³/mol. The molecule has 1 aliphatic carbocycles. The van der Waals surface area contributed by atoms with Gasteiger partial charge in [-0.15, -0.1) is 0 Å². The monoisotopic (exact) mass is 137 g/mol. The summed E-state index contributed by atoms with van der Waals surface area (Å²) in [6.07, 6.45) is 4.61. The number of hydrogen-bond donors (Lipinski definition) is 1. The van der Waals surface area contributed by atoms with Crippen LogP contribution in [0, 0.1) is 0 Å². The van der Waals surface area contributed by atoms with E-state index in [-0.39, 0.29) is 0 Å². The smallest absolute Gasteiger partial charge is 0.164 e. The van der Waals surface area contributed by atoms with Crippen molar-refractivity contribution >= 4 is 5.78 Å². The third-order valence-corrected chi connectivity index (χ3v) is 1.96. The van der Waals surface area contributed by atoms with E-state index < -0.39 is 0 Å². The maximum atomic E-state index is 11.1. The number of carbonyl (C=O) groups is 1. The Bertz CT molecular complexity index is 262. The van der Waals surface area contributed by atoms with Crippen LogP contribution in [-0.4, -0.2) is 10.8 Å². The van der Waals surface area contributed by atoms with Crippen molar-refractivity contribution in [2.75, 3.05) is 0 Å². The SMILES string of the molecule is O=C1CCCc2[nH][14cH]cc21. The molecule has 0 aliphatic heterocycles. The summed E-state index contributed by atoms with van der Waals surface area (Å²) in [4.78, 5) is 14.2. The maximum absolute atomic E-state index is 11.1. The number of nitrogens with one attached hydrogen (secondary N) is 1. The molecule has 10 heavy (non-hydrogen) atoms. The van der Waals surface area contributed by atoms with Gasteiger partial charge < -0.3 is 4.98 Å². The lowest BCUT2D eigenvalue weighted by Gasteiger charge is -2.08. The Morgan fingerprint density at radius 3 is 3.20 bits per heavy atom. The molecule has 2 nitrogen and oxygen atoms in total. The third-order valence-electron chi connectivity index (χ3n) is 1.96. The number of ketones is 1. The summed E-state index contributed by atoms with van der Waals surface area (Å²) in [5.41, 5.74) is 2.03. The second kappa shape index (κ2) is 1.97. The number of rotatable bonds is 0. The van der Waals surface area contributed by atoms with Gasteiger partial charge in [0, 0.05) is 23.9 Å². The zero-order valence-electron chi connectivity index (χ0n) is 5.68. The van der Waals surface area contributed by atoms with Crippen molar-refractivity contribution in [1.82, 2.24) is 4.98 Å². The van der Waals surface area contributed by atoms with Crippen LogP contribution in [-0.2, 0) is 6.42 Å². The number of H-pyrrole nitrogens is 1. The molecule has 1 aromatic heterocycles. The van der Waals surface area contributed by atoms with Gasteiger partial charge in [-0.05, 0) is 18.9 Å². The topological polar surface area (TPSA) is 32.9 Å². The molecule has 0 atom stereocenters. The zero-order chi connectivity index (χ0) is 6.97. The number of carbonyl (C=O) groups excluding carboxylic acids is 1. The Kier molecular flexibility index (Phi) is 1.13. The zero-order valence-corrected chi connectivity index (χ0v) is 5.68. The third kappa shape index (κ3) is 0.685. The van der Waals surface area contributed by atoms with Gasteiger partial charge in [-0.2, -0.15) is 0 Å². The molecule has 0 radical (unpaired) electrons. The number of hydrogen-bond acceptors (Lipinski definition) is 1. The summed E-state index contributed by atoms with van der Waals surface area (Å²) in [6.45, 7) is 0. The van der Waals surface area contributed by atoms with E-state index in [1.165, 1.54) is 0 Å². The summed E-state index contributed by atoms with van der Waals surface area (Å²) in [7, 11) is 0. The van der Waals surface area contributed by atoms with E-state index in [4.69, 9.17) is 0 Å². The highest BCUT2D eigenvalue weighted by Crippen LogP contribution is 2.18. The number of aromatic amines is 1. The lowest BCUT2D eigenvalue weighted by atomic mass is 9.97. The molecule has 0 saturated heterocycles. The highest BCUT2D eigenvalue weighted by Gasteiger charge is 2.16. The Balaban J connectivity index is 2.50. The normalized spacial score (nSPS) is 17.0. The lowest BCUT2D eigenvalue weighted by Crippen LogP contribution is -2.08. The Morgan fingerprint density at radius 2 is 2.40 bits per heavy atom. The summed E-state index contributed by atoms with van der Waals surface area (Å²) >= 11 is 0. The van der Waals surface area contributed by atoms with E-state index in [9.17, 15) is 4.79 Å². The molecule has 2 heteroatoms. The van der Waals surface area contributed by atoms with Crippen LogP contribution in [0.3, 0.4) is 0 Å². The quantitative estimate of drug-likeness (QED) is 0.578. The minimum Gasteiger partial charge on any atom is -0.364 e. The van der Waals surface area contributed by atoms with Crippen LogP contribution in [0.4, 0.5) is 0 Å². The van der Waals surface area contributed by atoms with E-state index in [0.29, 0.717) is 5.78 Å². The Hall–Kier alpha value is -1.05. The van der Waals surface area contributed by atoms with Crippen molar-refractivity contribution in [3.63, 3.8) is 0 Å². The molecule has 0 saturated carbocycles. The molecule has 0 aromatic carbocycles. The van der Waals surface area contributed by atoms with Crippen molar-refractivity contribution in [1.29, 1.82) is 0 Å². The molecule has 1 aromatic rings. The summed E-state index contributed by atoms with van der Waals surface area (Å²) in [5.74, 6) is 0.294. The van der Waals surface area contributed by atoms with Gasteiger partial charge in [0.15, 0.2) is 5.78 Å². The van der Waals surface area contributed by atoms with Crippen molar-refractivity contribution < 1.29 is 4.79 Å². The molecule has 0 amide bonds. The van der Waals surface area contributed by atoms with Gasteiger partial charge in [-0.25, -0.2) is 0 Å². The van der Waals surface area contributed by atoms with Gasteiger partial charge in [0.05, 0.1) is 0 Å². The highest BCUT2D eigenvalue weighted by molar-refractivity contribution is 5.98. The molecule has 2 rings (SSSR count). The molecule has 1 N–H and O–H groups in total. The molecule has 0 bridgehead atoms. The van der Waals surface area contributed by atoms with Crippen LogP contribution in [0.15, 0.2) is 12.3 Å². The van der Waals surface area contributed by atoms with Crippen molar-refractivity contribution in [3.05, 3.63) is 23.5 Å². The lowest BCUT2D eigenvalue weighted by molar-refractivity contribution is 0.0972. The fraction of sp³-hybridized carbons (Fsp3) is 0.375. The van der Waals surface area contributed by atoms with Gasteiger partial charge in [-0.3, -0.25) is 4.79 Å². The van der Waals surface area contributed by atoms with Crippen LogP contribution in [0.25, 0.3) is 0 Å². The average molecular weight is 137 g/mol.